The molecule has 104 heavy (non-hydrogen) atoms. The molecule has 6 amide bonds. The van der Waals surface area contributed by atoms with E-state index in [0.29, 0.717) is 5.56 Å². The van der Waals surface area contributed by atoms with Crippen LogP contribution in [0.2, 0.25) is 0 Å². The van der Waals surface area contributed by atoms with Gasteiger partial charge in [0.2, 0.25) is 41.2 Å². The molecule has 0 fully saturated rings. The maximum Gasteiger partial charge on any atom is 0.333 e. The topological polar surface area (TPSA) is 428 Å². The van der Waals surface area contributed by atoms with Crippen LogP contribution in [0.1, 0.15) is 80.8 Å². The minimum absolute atomic E-state index is 0.0169. The molecule has 28 nitrogen and oxygen atoms in total. The molecule has 10 aromatic carbocycles. The summed E-state index contributed by atoms with van der Waals surface area (Å²) in [6, 6.07) is 29.0. The van der Waals surface area contributed by atoms with E-state index in [1.54, 1.807) is 0 Å². The van der Waals surface area contributed by atoms with Crippen LogP contribution in [0.25, 0.3) is 22.3 Å². The molecule has 6 aliphatic rings. The van der Waals surface area contributed by atoms with E-state index < -0.39 is 152 Å². The van der Waals surface area contributed by atoms with Gasteiger partial charge in [0.05, 0.1) is 7.11 Å². The maximum atomic E-state index is 15.9. The van der Waals surface area contributed by atoms with Crippen LogP contribution in [0.4, 0.5) is 11.4 Å². The summed E-state index contributed by atoms with van der Waals surface area (Å²) >= 11 is 0. The Hall–Kier alpha value is -13.9. The van der Waals surface area contributed by atoms with Crippen molar-refractivity contribution in [3.8, 4) is 91.2 Å². The molecule has 15 N–H and O–H groups in total. The lowest BCUT2D eigenvalue weighted by Gasteiger charge is -2.31. The average Bonchev–Trinajstić information content (AvgIpc) is 0.776. The number of anilines is 2. The minimum atomic E-state index is -2.16. The number of aliphatic hydroxyl groups excluding tert-OH is 1. The van der Waals surface area contributed by atoms with Gasteiger partial charge in [0.25, 0.3) is 10.9 Å². The summed E-state index contributed by atoms with van der Waals surface area (Å²) in [5.41, 5.74) is -1.31. The number of phenols is 6. The third kappa shape index (κ3) is 13.2. The number of ether oxygens (including phenoxy) is 4. The predicted molar refractivity (Wildman–Crippen MR) is 369 cm³/mol. The second kappa shape index (κ2) is 27.3. The van der Waals surface area contributed by atoms with Crippen molar-refractivity contribution in [3.05, 3.63) is 247 Å². The number of hydrogen-bond donors (Lipinski definition) is 15. The lowest BCUT2D eigenvalue weighted by molar-refractivity contribution is -0.146. The molecule has 17 bridgehead atoms. The van der Waals surface area contributed by atoms with E-state index in [1.807, 2.05) is 54.6 Å². The molecule has 8 atom stereocenters. The van der Waals surface area contributed by atoms with Crippen LogP contribution in [0, 0.1) is 0 Å². The van der Waals surface area contributed by atoms with Gasteiger partial charge >= 0.3 is 5.97 Å². The van der Waals surface area contributed by atoms with Gasteiger partial charge in [-0.05, 0) is 129 Å². The molecule has 6 aliphatic heterocycles. The molecule has 0 radical (unpaired) electrons. The molecule has 0 unspecified atom stereocenters. The first kappa shape index (κ1) is 67.3. The number of fused-ring (bicyclic) bond motifs is 14. The van der Waals surface area contributed by atoms with Crippen molar-refractivity contribution in [1.82, 2.24) is 31.9 Å². The highest BCUT2D eigenvalue weighted by Crippen LogP contribution is 2.47. The highest BCUT2D eigenvalue weighted by Gasteiger charge is 2.42. The fourth-order valence-electron chi connectivity index (χ4n) is 12.8. The zero-order valence-electron chi connectivity index (χ0n) is 54.3. The number of rotatable bonds is 7. The van der Waals surface area contributed by atoms with Gasteiger partial charge in [-0.15, -0.1) is 0 Å². The summed E-state index contributed by atoms with van der Waals surface area (Å²) in [6.45, 7) is 0.0580. The van der Waals surface area contributed by atoms with Crippen molar-refractivity contribution in [2.45, 2.75) is 61.4 Å². The molecular weight excluding hydrogens is 1340 g/mol. The largest absolute Gasteiger partial charge is 0.508 e. The van der Waals surface area contributed by atoms with Gasteiger partial charge in [-0.2, -0.15) is 0 Å². The third-order valence-corrected chi connectivity index (χ3v) is 18.2. The van der Waals surface area contributed by atoms with Crippen LogP contribution in [0.15, 0.2) is 192 Å². The summed E-state index contributed by atoms with van der Waals surface area (Å²) in [5.74, 6) is -13.7. The number of hydrogen-bond acceptors (Lipinski definition) is 22. The Morgan fingerprint density at radius 3 is 1.73 bits per heavy atom. The number of carbonyl (C=O) groups excluding carboxylic acids is 7. The second-order valence-corrected chi connectivity index (χ2v) is 25.0. The van der Waals surface area contributed by atoms with Gasteiger partial charge < -0.3 is 97.2 Å². The van der Waals surface area contributed by atoms with Crippen LogP contribution in [-0.4, -0.2) is 96.4 Å². The number of carbonyl (C=O) groups is 7. The minimum Gasteiger partial charge on any atom is -0.508 e. The Morgan fingerprint density at radius 2 is 1.05 bits per heavy atom. The number of methoxy groups -OCH3 is 1. The summed E-state index contributed by atoms with van der Waals surface area (Å²) in [6.07, 6.45) is -2.39. The fourth-order valence-corrected chi connectivity index (χ4v) is 12.8. The van der Waals surface area contributed by atoms with Gasteiger partial charge in [-0.1, -0.05) is 91.0 Å². The van der Waals surface area contributed by atoms with Crippen molar-refractivity contribution in [3.63, 3.8) is 0 Å². The van der Waals surface area contributed by atoms with Crippen LogP contribution < -0.4 is 67.6 Å². The van der Waals surface area contributed by atoms with E-state index in [9.17, 15) is 54.9 Å². The van der Waals surface area contributed by atoms with Gasteiger partial charge in [0.15, 0.2) is 29.0 Å². The van der Waals surface area contributed by atoms with Crippen LogP contribution in [-0.2, 0) is 51.3 Å². The SMILES string of the molecule is COC(=O)[C@@H]1NC(=O)[C@H]2NC(=O)[C@H](NC(=O)[C@@H]3NC(=O)[C@H]4NC(=O)[C@@H](Cc5ccc(cc5)Oc5cc3cc(c5O)Oc3ccc(cc3)[C@H]2O)NC(=O)[C@H](Nc2c(NCc3ccc(-c5ccccc5)cc3)c(=O)c2=O)c2ccc(O)c(c2)Oc2cc(O)cc4c2)c2ccc(O)c(c2)-c2c(O)cc(O)cc21. The molecule has 10 aromatic rings. The fraction of sp³-hybridized carbons (Fsp3) is 0.145. The number of nitrogens with one attached hydrogen (secondary N) is 8. The van der Waals surface area contributed by atoms with Crippen molar-refractivity contribution in [1.29, 1.82) is 0 Å². The normalized spacial score (nSPS) is 20.0. The highest BCUT2D eigenvalue weighted by atomic mass is 16.5. The van der Waals surface area contributed by atoms with E-state index >= 15 is 24.0 Å². The smallest absolute Gasteiger partial charge is 0.333 e. The molecule has 6 heterocycles. The van der Waals surface area contributed by atoms with Gasteiger partial charge in [0.1, 0.15) is 94.0 Å². The lowest BCUT2D eigenvalue weighted by atomic mass is 9.89. The Balaban J connectivity index is 0.887. The van der Waals surface area contributed by atoms with Crippen molar-refractivity contribution >= 4 is 52.8 Å². The molecule has 16 rings (SSSR count). The van der Waals surface area contributed by atoms with E-state index in [2.05, 4.69) is 42.5 Å². The zero-order chi connectivity index (χ0) is 72.9. The molecule has 524 valence electrons. The number of amides is 6. The molecular formula is C76H60N8O20. The number of esters is 1. The van der Waals surface area contributed by atoms with Crippen molar-refractivity contribution < 1.29 is 88.3 Å². The maximum absolute atomic E-state index is 15.9. The summed E-state index contributed by atoms with van der Waals surface area (Å²) in [7, 11) is 0.974. The Labute approximate surface area is 587 Å². The predicted octanol–water partition coefficient (Wildman–Crippen LogP) is 6.79. The van der Waals surface area contributed by atoms with Gasteiger partial charge in [-0.3, -0.25) is 38.4 Å². The summed E-state index contributed by atoms with van der Waals surface area (Å²) in [5, 5.41) is 103. The van der Waals surface area contributed by atoms with Gasteiger partial charge in [-0.25, -0.2) is 4.79 Å². The summed E-state index contributed by atoms with van der Waals surface area (Å²) in [4.78, 5) is 134. The van der Waals surface area contributed by atoms with E-state index in [1.165, 1.54) is 72.8 Å². The molecule has 28 heteroatoms. The Morgan fingerprint density at radius 1 is 0.481 bits per heavy atom. The van der Waals surface area contributed by atoms with Crippen molar-refractivity contribution in [2.24, 2.45) is 0 Å². The van der Waals surface area contributed by atoms with E-state index in [4.69, 9.17) is 18.9 Å². The number of aliphatic hydroxyl groups is 1. The molecule has 0 saturated carbocycles. The molecule has 0 aliphatic carbocycles. The first-order valence-electron chi connectivity index (χ1n) is 32.2. The number of benzene rings is 9. The lowest BCUT2D eigenvalue weighted by Crippen LogP contribution is -2.55. The van der Waals surface area contributed by atoms with E-state index in [-0.39, 0.29) is 86.3 Å². The van der Waals surface area contributed by atoms with Crippen LogP contribution in [0.5, 0.6) is 69.0 Å². The number of phenolic OH excluding ortho intramolecular Hbond substituents is 6. The first-order valence-corrected chi connectivity index (χ1v) is 32.2. The molecule has 0 saturated heterocycles. The standard InChI is InChI=1S/C76H60N8O20/c1-101-76(100)62-49-31-44(86)32-53(89)57(49)48-26-39(15-21-51(48)87)59-72(96)84-65(75(99)83-62)66(90)38-13-19-46(20-14-38)103-56-29-42-28-55(67(56)91)102-45-17-9-34(10-18-45)23-50-70(94)80-60(73(97)82-61(42)74(98)81-59)41-24-43(85)30-47(25-41)104-54-27-40(16-22-52(54)88)58(71(95)78-50)79-64-63(68(92)69(64)93)77-33-35-7-11-37(12-8-35)36-5-3-2-4-6-36/h2-22,24-32,50,58-62,65-66,77,79,85-91H,23,33H2,1H3,(H,78,95)(H,80,94)(H,81,98)(H,82,97)(H,83,99)(H,84,96)/t50-,58-,59-,60+,61-,62-,65+,66-/m1/s1. The molecule has 0 aromatic heterocycles. The number of aromatic hydroxyl groups is 6. The van der Waals surface area contributed by atoms with Gasteiger partial charge in [0, 0.05) is 41.8 Å². The van der Waals surface area contributed by atoms with E-state index in [0.717, 1.165) is 78.4 Å². The Kier molecular flexibility index (Phi) is 17.7. The quantitative estimate of drug-likeness (QED) is 0.0576. The highest BCUT2D eigenvalue weighted by molar-refractivity contribution is 6.00. The average molecular weight is 1410 g/mol. The second-order valence-electron chi connectivity index (χ2n) is 25.0. The van der Waals surface area contributed by atoms with Crippen LogP contribution >= 0.6 is 0 Å². The summed E-state index contributed by atoms with van der Waals surface area (Å²) < 4.78 is 23.9. The molecule has 0 spiro atoms. The van der Waals surface area contributed by atoms with Crippen molar-refractivity contribution in [2.75, 3.05) is 17.7 Å². The zero-order valence-corrected chi connectivity index (χ0v) is 54.3. The van der Waals surface area contributed by atoms with Crippen LogP contribution in [0.3, 0.4) is 0 Å². The first-order chi connectivity index (χ1) is 50.0. The third-order valence-electron chi connectivity index (χ3n) is 18.2. The monoisotopic (exact) mass is 1400 g/mol. The Bertz CT molecular complexity index is 5240.